The Morgan fingerprint density at radius 2 is 1.72 bits per heavy atom. The maximum absolute atomic E-state index is 14.2. The van der Waals surface area contributed by atoms with Crippen LogP contribution >= 0.6 is 0 Å². The molecule has 2 aromatic carbocycles. The average Bonchev–Trinajstić information content (AvgIpc) is 3.36. The van der Waals surface area contributed by atoms with Gasteiger partial charge in [0.15, 0.2) is 17.4 Å². The van der Waals surface area contributed by atoms with Crippen molar-refractivity contribution in [1.29, 1.82) is 0 Å². The largest absolute Gasteiger partial charge is 0.503 e. The standard InChI is InChI=1S/C20H19F3O2.CH2O3/c1-20(2)9-13-5-15(21)6-14(18(13)25-20)10-24-19-16(22)7-12(8-17(19)23)11-3-4-11;2-1(3)4/h5-8,11H,3-4,9-10H2,1-2H3;(H2,2,3,4). The summed E-state index contributed by atoms with van der Waals surface area (Å²) in [5, 5.41) is 13.9. The smallest absolute Gasteiger partial charge is 0.487 e. The van der Waals surface area contributed by atoms with Crippen LogP contribution in [0.3, 0.4) is 0 Å². The molecule has 5 nitrogen and oxygen atoms in total. The van der Waals surface area contributed by atoms with Gasteiger partial charge in [-0.3, -0.25) is 0 Å². The second-order valence-electron chi connectivity index (χ2n) is 7.75. The summed E-state index contributed by atoms with van der Waals surface area (Å²) in [6.07, 6.45) is 0.662. The van der Waals surface area contributed by atoms with Crippen LogP contribution in [-0.4, -0.2) is 22.0 Å². The van der Waals surface area contributed by atoms with Crippen LogP contribution in [0.2, 0.25) is 0 Å². The zero-order valence-electron chi connectivity index (χ0n) is 16.0. The van der Waals surface area contributed by atoms with Crippen molar-refractivity contribution in [3.8, 4) is 11.5 Å². The lowest BCUT2D eigenvalue weighted by atomic mass is 10.0. The normalized spacial score (nSPS) is 16.3. The molecule has 0 radical (unpaired) electrons. The summed E-state index contributed by atoms with van der Waals surface area (Å²) in [7, 11) is 0. The predicted molar refractivity (Wildman–Crippen MR) is 98.1 cm³/mol. The third kappa shape index (κ3) is 5.13. The van der Waals surface area contributed by atoms with Crippen LogP contribution in [0.5, 0.6) is 11.5 Å². The molecule has 2 aliphatic rings. The molecule has 2 N–H and O–H groups in total. The van der Waals surface area contributed by atoms with Gasteiger partial charge in [-0.25, -0.2) is 18.0 Å². The maximum atomic E-state index is 14.2. The monoisotopic (exact) mass is 410 g/mol. The second-order valence-corrected chi connectivity index (χ2v) is 7.75. The SMILES string of the molecule is CC1(C)Cc2cc(F)cc(COc3c(F)cc(C4CC4)cc3F)c2O1.O=C(O)O. The van der Waals surface area contributed by atoms with Gasteiger partial charge in [-0.15, -0.1) is 0 Å². The quantitative estimate of drug-likeness (QED) is 0.697. The molecule has 0 amide bonds. The molecule has 4 rings (SSSR count). The Hall–Kier alpha value is -2.90. The number of hydrogen-bond acceptors (Lipinski definition) is 3. The number of halogens is 3. The van der Waals surface area contributed by atoms with Crippen LogP contribution < -0.4 is 9.47 Å². The molecule has 29 heavy (non-hydrogen) atoms. The second kappa shape index (κ2) is 7.85. The highest BCUT2D eigenvalue weighted by Crippen LogP contribution is 2.42. The molecule has 0 spiro atoms. The van der Waals surface area contributed by atoms with E-state index >= 15 is 0 Å². The molecule has 0 atom stereocenters. The van der Waals surface area contributed by atoms with Crippen LogP contribution in [0.15, 0.2) is 24.3 Å². The molecule has 1 aliphatic carbocycles. The number of hydrogen-bond donors (Lipinski definition) is 2. The lowest BCUT2D eigenvalue weighted by Gasteiger charge is -2.18. The summed E-state index contributed by atoms with van der Waals surface area (Å²) in [4.78, 5) is 8.56. The number of carbonyl (C=O) groups is 1. The van der Waals surface area contributed by atoms with Gasteiger partial charge in [-0.1, -0.05) is 0 Å². The Labute approximate surface area is 165 Å². The van der Waals surface area contributed by atoms with E-state index in [-0.39, 0.29) is 12.5 Å². The van der Waals surface area contributed by atoms with Crippen molar-refractivity contribution >= 4 is 6.16 Å². The van der Waals surface area contributed by atoms with Gasteiger partial charge < -0.3 is 19.7 Å². The molecule has 1 saturated carbocycles. The zero-order valence-corrected chi connectivity index (χ0v) is 16.0. The van der Waals surface area contributed by atoms with Crippen LogP contribution in [0, 0.1) is 17.5 Å². The molecule has 1 aliphatic heterocycles. The van der Waals surface area contributed by atoms with Crippen molar-refractivity contribution in [3.05, 3.63) is 58.4 Å². The lowest BCUT2D eigenvalue weighted by molar-refractivity contribution is 0.134. The maximum Gasteiger partial charge on any atom is 0.503 e. The highest BCUT2D eigenvalue weighted by atomic mass is 19.1. The molecular formula is C21H21F3O5. The van der Waals surface area contributed by atoms with Gasteiger partial charge in [0.2, 0.25) is 0 Å². The minimum atomic E-state index is -1.83. The van der Waals surface area contributed by atoms with E-state index in [0.29, 0.717) is 23.3 Å². The van der Waals surface area contributed by atoms with Crippen LogP contribution in [-0.2, 0) is 13.0 Å². The van der Waals surface area contributed by atoms with Crippen molar-refractivity contribution in [3.63, 3.8) is 0 Å². The lowest BCUT2D eigenvalue weighted by Crippen LogP contribution is -2.25. The fourth-order valence-electron chi connectivity index (χ4n) is 3.37. The Kier molecular flexibility index (Phi) is 5.64. The van der Waals surface area contributed by atoms with Gasteiger partial charge in [-0.05, 0) is 62.4 Å². The molecule has 0 aromatic heterocycles. The van der Waals surface area contributed by atoms with E-state index in [1.165, 1.54) is 24.3 Å². The Balaban J connectivity index is 0.000000552. The number of rotatable bonds is 4. The van der Waals surface area contributed by atoms with E-state index < -0.39 is 35.0 Å². The Bertz CT molecular complexity index is 911. The van der Waals surface area contributed by atoms with Gasteiger partial charge in [0, 0.05) is 17.5 Å². The topological polar surface area (TPSA) is 76.0 Å². The van der Waals surface area contributed by atoms with Crippen molar-refractivity contribution in [2.45, 2.75) is 51.2 Å². The van der Waals surface area contributed by atoms with Crippen molar-refractivity contribution in [1.82, 2.24) is 0 Å². The molecular weight excluding hydrogens is 389 g/mol. The number of ether oxygens (including phenoxy) is 2. The zero-order chi connectivity index (χ0) is 21.3. The van der Waals surface area contributed by atoms with E-state index in [9.17, 15) is 13.2 Å². The molecule has 0 saturated heterocycles. The minimum absolute atomic E-state index is 0.160. The molecule has 156 valence electrons. The third-order valence-corrected chi connectivity index (χ3v) is 4.64. The van der Waals surface area contributed by atoms with Crippen LogP contribution in [0.4, 0.5) is 18.0 Å². The molecule has 2 aromatic rings. The molecule has 8 heteroatoms. The first-order valence-electron chi connectivity index (χ1n) is 9.09. The summed E-state index contributed by atoms with van der Waals surface area (Å²) in [6, 6.07) is 5.37. The van der Waals surface area contributed by atoms with E-state index in [2.05, 4.69) is 0 Å². The third-order valence-electron chi connectivity index (χ3n) is 4.64. The molecule has 0 bridgehead atoms. The number of fused-ring (bicyclic) bond motifs is 1. The van der Waals surface area contributed by atoms with E-state index in [0.717, 1.165) is 18.4 Å². The van der Waals surface area contributed by atoms with Gasteiger partial charge >= 0.3 is 6.16 Å². The highest BCUT2D eigenvalue weighted by Gasteiger charge is 2.33. The van der Waals surface area contributed by atoms with Crippen LogP contribution in [0.25, 0.3) is 0 Å². The summed E-state index contributed by atoms with van der Waals surface area (Å²) in [5.74, 6) is -1.50. The van der Waals surface area contributed by atoms with E-state index in [1.54, 1.807) is 0 Å². The van der Waals surface area contributed by atoms with E-state index in [1.807, 2.05) is 13.8 Å². The van der Waals surface area contributed by atoms with Crippen molar-refractivity contribution < 1.29 is 37.7 Å². The van der Waals surface area contributed by atoms with Crippen LogP contribution in [0.1, 0.15) is 49.3 Å². The molecule has 0 unspecified atom stereocenters. The fraction of sp³-hybridized carbons (Fsp3) is 0.381. The first-order chi connectivity index (χ1) is 13.6. The fourth-order valence-corrected chi connectivity index (χ4v) is 3.37. The van der Waals surface area contributed by atoms with Gasteiger partial charge in [0.05, 0.1) is 0 Å². The summed E-state index contributed by atoms with van der Waals surface area (Å²) in [5.41, 5.74) is 1.42. The highest BCUT2D eigenvalue weighted by molar-refractivity contribution is 5.53. The van der Waals surface area contributed by atoms with Gasteiger partial charge in [0.1, 0.15) is 23.8 Å². The average molecular weight is 410 g/mol. The first-order valence-corrected chi connectivity index (χ1v) is 9.09. The van der Waals surface area contributed by atoms with Gasteiger partial charge in [0.25, 0.3) is 0 Å². The summed E-state index contributed by atoms with van der Waals surface area (Å²) >= 11 is 0. The van der Waals surface area contributed by atoms with Crippen molar-refractivity contribution in [2.24, 2.45) is 0 Å². The minimum Gasteiger partial charge on any atom is -0.487 e. The Morgan fingerprint density at radius 3 is 2.28 bits per heavy atom. The predicted octanol–water partition coefficient (Wildman–Crippen LogP) is 5.50. The first kappa shape index (κ1) is 20.8. The summed E-state index contributed by atoms with van der Waals surface area (Å²) in [6.45, 7) is 3.66. The molecule has 1 heterocycles. The number of carboxylic acid groups (broad SMARTS) is 2. The summed E-state index contributed by atoms with van der Waals surface area (Å²) < 4.78 is 53.5. The number of benzene rings is 2. The van der Waals surface area contributed by atoms with Gasteiger partial charge in [-0.2, -0.15) is 0 Å². The van der Waals surface area contributed by atoms with Crippen molar-refractivity contribution in [2.75, 3.05) is 0 Å². The molecule has 1 fully saturated rings. The van der Waals surface area contributed by atoms with E-state index in [4.69, 9.17) is 24.5 Å². The Morgan fingerprint density at radius 1 is 1.14 bits per heavy atom.